The summed E-state index contributed by atoms with van der Waals surface area (Å²) < 4.78 is 10.4. The van der Waals surface area contributed by atoms with E-state index in [1.165, 1.54) is 13.1 Å². The molecule has 1 amide bonds. The van der Waals surface area contributed by atoms with Crippen molar-refractivity contribution in [3.05, 3.63) is 58.6 Å². The molecule has 1 N–H and O–H groups in total. The molecule has 6 nitrogen and oxygen atoms in total. The number of hydrogen-bond donors (Lipinski definition) is 1. The fourth-order valence-electron chi connectivity index (χ4n) is 1.95. The number of carbonyl (C=O) groups is 2. The van der Waals surface area contributed by atoms with Crippen molar-refractivity contribution < 1.29 is 19.1 Å². The van der Waals surface area contributed by atoms with Gasteiger partial charge in [0, 0.05) is 11.9 Å². The molecular formula is C18H17ClN2O4. The van der Waals surface area contributed by atoms with E-state index in [4.69, 9.17) is 21.1 Å². The van der Waals surface area contributed by atoms with Crippen LogP contribution in [0, 0.1) is 6.92 Å². The van der Waals surface area contributed by atoms with Crippen LogP contribution in [0.2, 0.25) is 5.02 Å². The number of esters is 1. The molecule has 0 radical (unpaired) electrons. The second kappa shape index (κ2) is 8.84. The summed E-state index contributed by atoms with van der Waals surface area (Å²) in [6, 6.07) is 11.9. The molecule has 2 rings (SSSR count). The minimum Gasteiger partial charge on any atom is -0.483 e. The molecule has 0 aliphatic carbocycles. The van der Waals surface area contributed by atoms with Crippen LogP contribution in [-0.2, 0) is 9.59 Å². The van der Waals surface area contributed by atoms with Gasteiger partial charge in [-0.1, -0.05) is 23.7 Å². The largest absolute Gasteiger partial charge is 0.483 e. The fourth-order valence-corrected chi connectivity index (χ4v) is 2.18. The lowest BCUT2D eigenvalue weighted by Gasteiger charge is -2.08. The summed E-state index contributed by atoms with van der Waals surface area (Å²) in [4.78, 5) is 22.7. The van der Waals surface area contributed by atoms with Gasteiger partial charge in [-0.05, 0) is 48.4 Å². The third-order valence-electron chi connectivity index (χ3n) is 3.02. The van der Waals surface area contributed by atoms with Gasteiger partial charge in [0.25, 0.3) is 5.91 Å². The first kappa shape index (κ1) is 18.5. The van der Waals surface area contributed by atoms with Gasteiger partial charge in [-0.3, -0.25) is 9.59 Å². The minimum atomic E-state index is -0.406. The number of nitrogens with one attached hydrogen (secondary N) is 1. The van der Waals surface area contributed by atoms with Crippen molar-refractivity contribution in [2.75, 3.05) is 6.61 Å². The predicted octanol–water partition coefficient (Wildman–Crippen LogP) is 3.10. The number of benzene rings is 2. The number of hydrazone groups is 1. The Kier molecular flexibility index (Phi) is 6.54. The topological polar surface area (TPSA) is 77.0 Å². The maximum Gasteiger partial charge on any atom is 0.308 e. The maximum atomic E-state index is 11.8. The Bertz CT molecular complexity index is 805. The first-order valence-corrected chi connectivity index (χ1v) is 7.81. The maximum absolute atomic E-state index is 11.8. The lowest BCUT2D eigenvalue weighted by molar-refractivity contribution is -0.131. The Morgan fingerprint density at radius 2 is 2.04 bits per heavy atom. The molecule has 0 aromatic heterocycles. The molecule has 0 aliphatic rings. The molecule has 0 atom stereocenters. The summed E-state index contributed by atoms with van der Waals surface area (Å²) in [5.41, 5.74) is 3.88. The molecule has 0 aliphatic heterocycles. The highest BCUT2D eigenvalue weighted by molar-refractivity contribution is 6.30. The fraction of sp³-hybridized carbons (Fsp3) is 0.167. The zero-order valence-electron chi connectivity index (χ0n) is 13.8. The van der Waals surface area contributed by atoms with E-state index in [9.17, 15) is 9.59 Å². The molecule has 7 heteroatoms. The Morgan fingerprint density at radius 3 is 2.76 bits per heavy atom. The highest BCUT2D eigenvalue weighted by Gasteiger charge is 2.04. The van der Waals surface area contributed by atoms with Crippen LogP contribution >= 0.6 is 11.6 Å². The molecule has 0 saturated heterocycles. The highest BCUT2D eigenvalue weighted by atomic mass is 35.5. The first-order chi connectivity index (χ1) is 11.9. The van der Waals surface area contributed by atoms with E-state index in [1.54, 1.807) is 42.5 Å². The standard InChI is InChI=1S/C18H17ClN2O4/c1-12-8-15(19)6-7-17(12)24-11-18(23)21-20-10-14-4-3-5-16(9-14)25-13(2)22/h3-10H,11H2,1-2H3,(H,21,23)/b20-10+. The van der Waals surface area contributed by atoms with E-state index in [0.29, 0.717) is 22.1 Å². The third-order valence-corrected chi connectivity index (χ3v) is 3.25. The van der Waals surface area contributed by atoms with Crippen molar-refractivity contribution in [2.24, 2.45) is 5.10 Å². The van der Waals surface area contributed by atoms with Gasteiger partial charge < -0.3 is 9.47 Å². The van der Waals surface area contributed by atoms with Crippen LogP contribution in [0.4, 0.5) is 0 Å². The normalized spacial score (nSPS) is 10.5. The highest BCUT2D eigenvalue weighted by Crippen LogP contribution is 2.21. The molecule has 0 heterocycles. The average Bonchev–Trinajstić information content (AvgIpc) is 2.54. The molecular weight excluding hydrogens is 344 g/mol. The van der Waals surface area contributed by atoms with Crippen molar-refractivity contribution in [3.8, 4) is 11.5 Å². The number of carbonyl (C=O) groups excluding carboxylic acids is 2. The number of halogens is 1. The zero-order chi connectivity index (χ0) is 18.2. The monoisotopic (exact) mass is 360 g/mol. The molecule has 2 aromatic rings. The van der Waals surface area contributed by atoms with Crippen molar-refractivity contribution in [1.29, 1.82) is 0 Å². The number of hydrogen-bond acceptors (Lipinski definition) is 5. The molecule has 0 saturated carbocycles. The lowest BCUT2D eigenvalue weighted by Crippen LogP contribution is -2.24. The third kappa shape index (κ3) is 6.27. The SMILES string of the molecule is CC(=O)Oc1cccc(/C=N/NC(=O)COc2ccc(Cl)cc2C)c1. The number of ether oxygens (including phenoxy) is 2. The second-order valence-corrected chi connectivity index (χ2v) is 5.59. The first-order valence-electron chi connectivity index (χ1n) is 7.43. The van der Waals surface area contributed by atoms with Gasteiger partial charge in [0.1, 0.15) is 11.5 Å². The Labute approximate surface area is 150 Å². The van der Waals surface area contributed by atoms with Crippen molar-refractivity contribution in [3.63, 3.8) is 0 Å². The number of aryl methyl sites for hydroxylation is 1. The quantitative estimate of drug-likeness (QED) is 0.371. The molecule has 2 aromatic carbocycles. The number of nitrogens with zero attached hydrogens (tertiary/aromatic N) is 1. The summed E-state index contributed by atoms with van der Waals surface area (Å²) in [6.07, 6.45) is 1.44. The summed E-state index contributed by atoms with van der Waals surface area (Å²) in [7, 11) is 0. The smallest absolute Gasteiger partial charge is 0.308 e. The molecule has 0 unspecified atom stereocenters. The van der Waals surface area contributed by atoms with Crippen LogP contribution in [0.3, 0.4) is 0 Å². The molecule has 0 spiro atoms. The molecule has 130 valence electrons. The summed E-state index contributed by atoms with van der Waals surface area (Å²) >= 11 is 5.86. The van der Waals surface area contributed by atoms with Crippen LogP contribution in [0.1, 0.15) is 18.1 Å². The van der Waals surface area contributed by atoms with Crippen molar-refractivity contribution in [2.45, 2.75) is 13.8 Å². The van der Waals surface area contributed by atoms with E-state index in [2.05, 4.69) is 10.5 Å². The van der Waals surface area contributed by atoms with E-state index in [1.807, 2.05) is 6.92 Å². The van der Waals surface area contributed by atoms with Gasteiger partial charge in [-0.2, -0.15) is 5.10 Å². The van der Waals surface area contributed by atoms with E-state index in [0.717, 1.165) is 5.56 Å². The van der Waals surface area contributed by atoms with Gasteiger partial charge in [-0.15, -0.1) is 0 Å². The van der Waals surface area contributed by atoms with Crippen molar-refractivity contribution >= 4 is 29.7 Å². The molecule has 0 bridgehead atoms. The molecule has 25 heavy (non-hydrogen) atoms. The van der Waals surface area contributed by atoms with E-state index < -0.39 is 11.9 Å². The summed E-state index contributed by atoms with van der Waals surface area (Å²) in [5, 5.41) is 4.45. The van der Waals surface area contributed by atoms with Crippen LogP contribution < -0.4 is 14.9 Å². The van der Waals surface area contributed by atoms with Gasteiger partial charge in [0.2, 0.25) is 0 Å². The van der Waals surface area contributed by atoms with E-state index in [-0.39, 0.29) is 6.61 Å². The van der Waals surface area contributed by atoms with Gasteiger partial charge >= 0.3 is 5.97 Å². The Hall–Kier alpha value is -2.86. The zero-order valence-corrected chi connectivity index (χ0v) is 14.5. The van der Waals surface area contributed by atoms with E-state index >= 15 is 0 Å². The Morgan fingerprint density at radius 1 is 1.24 bits per heavy atom. The van der Waals surface area contributed by atoms with Crippen LogP contribution in [0.15, 0.2) is 47.6 Å². The molecule has 0 fully saturated rings. The van der Waals surface area contributed by atoms with Crippen LogP contribution in [0.25, 0.3) is 0 Å². The summed E-state index contributed by atoms with van der Waals surface area (Å²) in [5.74, 6) is 0.181. The van der Waals surface area contributed by atoms with Crippen LogP contribution in [-0.4, -0.2) is 24.7 Å². The number of rotatable bonds is 6. The average molecular weight is 361 g/mol. The van der Waals surface area contributed by atoms with Gasteiger partial charge in [0.05, 0.1) is 6.21 Å². The van der Waals surface area contributed by atoms with Crippen LogP contribution in [0.5, 0.6) is 11.5 Å². The predicted molar refractivity (Wildman–Crippen MR) is 95.2 cm³/mol. The Balaban J connectivity index is 1.85. The second-order valence-electron chi connectivity index (χ2n) is 5.16. The lowest BCUT2D eigenvalue weighted by atomic mass is 10.2. The number of amides is 1. The van der Waals surface area contributed by atoms with Gasteiger partial charge in [-0.25, -0.2) is 5.43 Å². The van der Waals surface area contributed by atoms with Crippen molar-refractivity contribution in [1.82, 2.24) is 5.43 Å². The summed E-state index contributed by atoms with van der Waals surface area (Å²) in [6.45, 7) is 2.99. The van der Waals surface area contributed by atoms with Gasteiger partial charge in [0.15, 0.2) is 6.61 Å². The minimum absolute atomic E-state index is 0.173.